The number of carbonyl (C=O) groups is 1. The largest absolute Gasteiger partial charge is 0.480 e. The lowest BCUT2D eigenvalue weighted by atomic mass is 9.98. The van der Waals surface area contributed by atoms with Crippen LogP contribution in [-0.4, -0.2) is 80.3 Å². The molecular weight excluding hydrogens is 524 g/mol. The minimum absolute atomic E-state index is 0.0698. The van der Waals surface area contributed by atoms with Crippen molar-refractivity contribution in [3.05, 3.63) is 36.7 Å². The molecule has 4 rings (SSSR count). The van der Waals surface area contributed by atoms with Gasteiger partial charge in [-0.3, -0.25) is 13.9 Å². The molecule has 5 N–H and O–H groups in total. The van der Waals surface area contributed by atoms with Crippen LogP contribution in [0.2, 0.25) is 0 Å². The lowest BCUT2D eigenvalue weighted by Crippen LogP contribution is -2.41. The van der Waals surface area contributed by atoms with Crippen LogP contribution in [0.5, 0.6) is 5.75 Å². The van der Waals surface area contributed by atoms with Crippen molar-refractivity contribution in [1.29, 1.82) is 0 Å². The molecule has 1 unspecified atom stereocenters. The van der Waals surface area contributed by atoms with E-state index >= 15 is 4.39 Å². The van der Waals surface area contributed by atoms with E-state index in [1.165, 1.54) is 30.0 Å². The van der Waals surface area contributed by atoms with Crippen molar-refractivity contribution >= 4 is 36.6 Å². The highest BCUT2D eigenvalue weighted by Crippen LogP contribution is 2.48. The number of aliphatic hydroxyl groups excluding tert-OH is 1. The molecule has 0 saturated carbocycles. The summed E-state index contributed by atoms with van der Waals surface area (Å²) in [6, 6.07) is 6.63. The maximum Gasteiger partial charge on any atom is 0.459 e. The van der Waals surface area contributed by atoms with E-state index in [2.05, 4.69) is 20.0 Å². The first-order chi connectivity index (χ1) is 17.8. The van der Waals surface area contributed by atoms with Crippen molar-refractivity contribution in [2.45, 2.75) is 44.0 Å². The zero-order chi connectivity index (χ0) is 27.8. The number of rotatable bonds is 10. The lowest BCUT2D eigenvalue weighted by molar-refractivity contribution is -0.138. The lowest BCUT2D eigenvalue weighted by Gasteiger charge is -2.25. The van der Waals surface area contributed by atoms with Crippen LogP contribution in [0, 0.1) is 0 Å². The number of carboxylic acids is 1. The van der Waals surface area contributed by atoms with Crippen molar-refractivity contribution in [3.8, 4) is 5.75 Å². The Morgan fingerprint density at radius 1 is 1.37 bits per heavy atom. The smallest absolute Gasteiger partial charge is 0.459 e. The molecule has 3 heterocycles. The molecule has 0 bridgehead atoms. The van der Waals surface area contributed by atoms with Crippen LogP contribution < -0.4 is 20.2 Å². The summed E-state index contributed by atoms with van der Waals surface area (Å²) < 4.78 is 47.4. The van der Waals surface area contributed by atoms with Crippen LogP contribution in [0.3, 0.4) is 0 Å². The number of fused-ring (bicyclic) bond motifs is 1. The second-order valence-electron chi connectivity index (χ2n) is 9.13. The van der Waals surface area contributed by atoms with E-state index in [4.69, 9.17) is 19.5 Å². The van der Waals surface area contributed by atoms with Crippen LogP contribution in [0.15, 0.2) is 36.7 Å². The highest BCUT2D eigenvalue weighted by atomic mass is 31.2. The van der Waals surface area contributed by atoms with Gasteiger partial charge in [0.2, 0.25) is 5.95 Å². The summed E-state index contributed by atoms with van der Waals surface area (Å²) in [5.41, 5.74) is 3.99. The number of aromatic nitrogens is 4. The molecule has 0 amide bonds. The van der Waals surface area contributed by atoms with Gasteiger partial charge in [-0.2, -0.15) is 15.1 Å². The fraction of sp³-hybridized carbons (Fsp3) is 0.455. The van der Waals surface area contributed by atoms with Gasteiger partial charge in [0.25, 0.3) is 0 Å². The number of anilines is 2. The Labute approximate surface area is 217 Å². The maximum absolute atomic E-state index is 15.9. The van der Waals surface area contributed by atoms with Crippen molar-refractivity contribution < 1.29 is 37.7 Å². The quantitative estimate of drug-likeness (QED) is 0.266. The van der Waals surface area contributed by atoms with Gasteiger partial charge in [-0.15, -0.1) is 0 Å². The fourth-order valence-corrected chi connectivity index (χ4v) is 5.43. The molecule has 0 aliphatic carbocycles. The number of ether oxygens (including phenoxy) is 1. The van der Waals surface area contributed by atoms with Gasteiger partial charge in [0.1, 0.15) is 24.0 Å². The van der Waals surface area contributed by atoms with Crippen molar-refractivity contribution in [2.24, 2.45) is 0 Å². The van der Waals surface area contributed by atoms with Crippen LogP contribution in [-0.2, 0) is 18.6 Å². The molecule has 2 aromatic heterocycles. The number of aliphatic carboxylic acids is 1. The fourth-order valence-electron chi connectivity index (χ4n) is 3.93. The number of alkyl halides is 1. The number of nitrogens with zero attached hydrogens (tertiary/aromatic N) is 5. The minimum atomic E-state index is -4.32. The number of para-hydroxylation sites is 1. The summed E-state index contributed by atoms with van der Waals surface area (Å²) in [6.07, 6.45) is -3.18. The number of halogens is 1. The summed E-state index contributed by atoms with van der Waals surface area (Å²) in [6.45, 7) is 1.78. The van der Waals surface area contributed by atoms with Gasteiger partial charge in [-0.05, 0) is 26.0 Å². The monoisotopic (exact) mass is 553 g/mol. The predicted octanol–water partition coefficient (Wildman–Crippen LogP) is 1.73. The number of benzene rings is 1. The van der Waals surface area contributed by atoms with Gasteiger partial charge >= 0.3 is 13.7 Å². The van der Waals surface area contributed by atoms with Crippen molar-refractivity contribution in [1.82, 2.24) is 24.6 Å². The van der Waals surface area contributed by atoms with Crippen LogP contribution in [0.1, 0.15) is 20.1 Å². The third kappa shape index (κ3) is 5.42. The molecule has 1 aromatic carbocycles. The zero-order valence-corrected chi connectivity index (χ0v) is 21.9. The van der Waals surface area contributed by atoms with Crippen LogP contribution in [0.4, 0.5) is 16.2 Å². The normalized spacial score (nSPS) is 25.7. The van der Waals surface area contributed by atoms with Gasteiger partial charge in [-0.25, -0.2) is 13.9 Å². The van der Waals surface area contributed by atoms with Crippen molar-refractivity contribution in [2.75, 3.05) is 31.3 Å². The first-order valence-corrected chi connectivity index (χ1v) is 13.1. The molecule has 1 aliphatic heterocycles. The molecule has 3 aromatic rings. The van der Waals surface area contributed by atoms with Crippen LogP contribution >= 0.6 is 7.75 Å². The van der Waals surface area contributed by atoms with E-state index in [1.807, 2.05) is 0 Å². The third-order valence-corrected chi connectivity index (χ3v) is 7.56. The standard InChI is InChI=1S/C22H29FN7O7P/c1-12(19(32)33)28-38(34,37-13-8-6-5-7-9-13)35-10-14-16(31)22(2,23)20(36-14)30-11-25-15-17(29(3)4)26-21(24)27-18(15)30/h5-9,11-12,14,16,20,31H,10H2,1-4H3,(H,28,34)(H,32,33)(H2,24,26,27)/t12-,14+,16+,20+,22+,38?/m0/s1. The molecule has 1 fully saturated rings. The number of nitrogen functional groups attached to an aromatic ring is 1. The summed E-state index contributed by atoms with van der Waals surface area (Å²) in [4.78, 5) is 25.6. The van der Waals surface area contributed by atoms with Gasteiger partial charge in [-0.1, -0.05) is 18.2 Å². The summed E-state index contributed by atoms with van der Waals surface area (Å²) in [5.74, 6) is -0.826. The molecule has 14 nitrogen and oxygen atoms in total. The third-order valence-electron chi connectivity index (χ3n) is 5.91. The topological polar surface area (TPSA) is 187 Å². The molecule has 16 heteroatoms. The van der Waals surface area contributed by atoms with E-state index < -0.39 is 50.5 Å². The Morgan fingerprint density at radius 3 is 2.68 bits per heavy atom. The zero-order valence-electron chi connectivity index (χ0n) is 21.1. The van der Waals surface area contributed by atoms with Crippen molar-refractivity contribution in [3.63, 3.8) is 0 Å². The molecular formula is C22H29FN7O7P. The van der Waals surface area contributed by atoms with Gasteiger partial charge < -0.3 is 30.1 Å². The van der Waals surface area contributed by atoms with E-state index in [0.29, 0.717) is 11.3 Å². The molecule has 1 saturated heterocycles. The van der Waals surface area contributed by atoms with E-state index in [0.717, 1.165) is 6.92 Å². The first-order valence-electron chi connectivity index (χ1n) is 11.5. The Balaban J connectivity index is 1.59. The number of hydrogen-bond donors (Lipinski definition) is 4. The summed E-state index contributed by atoms with van der Waals surface area (Å²) >= 11 is 0. The molecule has 0 radical (unpaired) electrons. The second-order valence-corrected chi connectivity index (χ2v) is 10.8. The van der Waals surface area contributed by atoms with Gasteiger partial charge in [0.05, 0.1) is 12.9 Å². The molecule has 0 spiro atoms. The van der Waals surface area contributed by atoms with Gasteiger partial charge in [0.15, 0.2) is 28.9 Å². The average molecular weight is 553 g/mol. The Morgan fingerprint density at radius 2 is 2.05 bits per heavy atom. The highest BCUT2D eigenvalue weighted by molar-refractivity contribution is 7.52. The van der Waals surface area contributed by atoms with Gasteiger partial charge in [0, 0.05) is 14.1 Å². The summed E-state index contributed by atoms with van der Waals surface area (Å²) in [7, 11) is -0.854. The molecule has 1 aliphatic rings. The predicted molar refractivity (Wildman–Crippen MR) is 134 cm³/mol. The maximum atomic E-state index is 15.9. The minimum Gasteiger partial charge on any atom is -0.480 e. The molecule has 206 valence electrons. The SMILES string of the molecule is C[C@H](NP(=O)(OC[C@H]1O[C@@H](n2cnc3c(N(C)C)nc(N)nc32)[C@](C)(F)[C@@H]1O)Oc1ccccc1)C(=O)O. The second kappa shape index (κ2) is 10.4. The average Bonchev–Trinajstić information content (AvgIpc) is 3.35. The first kappa shape index (κ1) is 27.7. The van der Waals surface area contributed by atoms with E-state index in [9.17, 15) is 19.6 Å². The molecule has 6 atom stereocenters. The number of carboxylic acid groups (broad SMARTS) is 1. The number of hydrogen-bond acceptors (Lipinski definition) is 11. The van der Waals surface area contributed by atoms with E-state index in [-0.39, 0.29) is 17.3 Å². The number of nitrogens with one attached hydrogen (secondary N) is 1. The molecule has 38 heavy (non-hydrogen) atoms. The number of nitrogens with two attached hydrogens (primary N) is 1. The Kier molecular flexibility index (Phi) is 7.59. The van der Waals surface area contributed by atoms with E-state index in [1.54, 1.807) is 37.2 Å². The Bertz CT molecular complexity index is 1360. The highest BCUT2D eigenvalue weighted by Gasteiger charge is 2.56. The number of aliphatic hydroxyl groups is 1. The van der Waals surface area contributed by atoms with Crippen LogP contribution in [0.25, 0.3) is 11.2 Å². The Hall–Kier alpha value is -3.36. The number of imidazole rings is 1. The summed E-state index contributed by atoms with van der Waals surface area (Å²) in [5, 5.41) is 22.4.